The van der Waals surface area contributed by atoms with Crippen LogP contribution in [0, 0.1) is 25.2 Å². The molecule has 7 heteroatoms. The number of phenolic OH excluding ortho intramolecular Hbond substituents is 1. The number of aromatic amines is 2. The van der Waals surface area contributed by atoms with Crippen molar-refractivity contribution < 1.29 is 15.0 Å². The predicted molar refractivity (Wildman–Crippen MR) is 104 cm³/mol. The molecule has 0 aliphatic rings. The van der Waals surface area contributed by atoms with Gasteiger partial charge < -0.3 is 20.2 Å². The van der Waals surface area contributed by atoms with Crippen molar-refractivity contribution in [1.82, 2.24) is 9.97 Å². The van der Waals surface area contributed by atoms with E-state index in [0.29, 0.717) is 10.9 Å². The zero-order valence-electron chi connectivity index (χ0n) is 14.6. The van der Waals surface area contributed by atoms with E-state index < -0.39 is 5.97 Å². The van der Waals surface area contributed by atoms with Crippen molar-refractivity contribution in [3.05, 3.63) is 63.9 Å². The molecule has 4 aromatic rings. The molecule has 0 saturated carbocycles. The summed E-state index contributed by atoms with van der Waals surface area (Å²) in [5, 5.41) is 28.9. The largest absolute Gasteiger partial charge is 0.506 e. The maximum atomic E-state index is 10.7. The number of carboxylic acid groups (broad SMARTS) is 1. The van der Waals surface area contributed by atoms with Crippen LogP contribution in [0.4, 0.5) is 0 Å². The first-order valence-electron chi connectivity index (χ1n) is 8.04. The Hall–Kier alpha value is -3.43. The fourth-order valence-electron chi connectivity index (χ4n) is 3.00. The minimum absolute atomic E-state index is 0.101. The number of aromatic carboxylic acids is 1. The number of aryl methyl sites for hydroxylation is 2. The molecular formula is C20H16ClN3O3. The van der Waals surface area contributed by atoms with Crippen molar-refractivity contribution in [3.8, 4) is 11.8 Å². The highest BCUT2D eigenvalue weighted by Crippen LogP contribution is 2.33. The second kappa shape index (κ2) is 7.06. The van der Waals surface area contributed by atoms with E-state index >= 15 is 0 Å². The molecule has 2 aromatic heterocycles. The molecule has 6 nitrogen and oxygen atoms in total. The van der Waals surface area contributed by atoms with Gasteiger partial charge in [-0.15, -0.1) is 0 Å². The molecule has 2 aromatic carbocycles. The van der Waals surface area contributed by atoms with Gasteiger partial charge in [-0.05, 0) is 49.2 Å². The van der Waals surface area contributed by atoms with Crippen LogP contribution in [0.1, 0.15) is 27.0 Å². The Labute approximate surface area is 159 Å². The summed E-state index contributed by atoms with van der Waals surface area (Å²) in [4.78, 5) is 16.7. The van der Waals surface area contributed by atoms with Crippen molar-refractivity contribution in [3.63, 3.8) is 0 Å². The third-order valence-electron chi connectivity index (χ3n) is 4.42. The molecule has 0 unspecified atom stereocenters. The highest BCUT2D eigenvalue weighted by molar-refractivity contribution is 6.38. The number of halogens is 1. The zero-order valence-corrected chi connectivity index (χ0v) is 15.3. The number of aromatic hydroxyl groups is 1. The topological polar surface area (TPSA) is 113 Å². The van der Waals surface area contributed by atoms with E-state index in [1.165, 1.54) is 0 Å². The van der Waals surface area contributed by atoms with E-state index in [0.717, 1.165) is 33.7 Å². The molecule has 0 radical (unpaired) electrons. The second-order valence-corrected chi connectivity index (χ2v) is 6.45. The van der Waals surface area contributed by atoms with Crippen LogP contribution in [0.15, 0.2) is 36.7 Å². The molecule has 0 bridgehead atoms. The monoisotopic (exact) mass is 381 g/mol. The Bertz CT molecular complexity index is 1210. The van der Waals surface area contributed by atoms with Gasteiger partial charge in [-0.2, -0.15) is 5.26 Å². The SMILES string of the molecule is Cc1c(C#N)cc(C)c2[nH]ccc12.O=C(O)c1cc(O)c2[nH]ccc2c1Cl. The molecule has 27 heavy (non-hydrogen) atoms. The lowest BCUT2D eigenvalue weighted by atomic mass is 10.0. The molecular weight excluding hydrogens is 366 g/mol. The minimum atomic E-state index is -1.16. The summed E-state index contributed by atoms with van der Waals surface area (Å²) in [5.41, 5.74) is 4.43. The number of benzene rings is 2. The second-order valence-electron chi connectivity index (χ2n) is 6.07. The van der Waals surface area contributed by atoms with Crippen LogP contribution in [0.2, 0.25) is 5.02 Å². The van der Waals surface area contributed by atoms with E-state index in [9.17, 15) is 9.90 Å². The quantitative estimate of drug-likeness (QED) is 0.376. The van der Waals surface area contributed by atoms with Crippen LogP contribution in [0.3, 0.4) is 0 Å². The number of hydrogen-bond acceptors (Lipinski definition) is 3. The molecule has 0 aliphatic heterocycles. The van der Waals surface area contributed by atoms with Gasteiger partial charge >= 0.3 is 5.97 Å². The number of nitrogens with zero attached hydrogens (tertiary/aromatic N) is 1. The normalized spacial score (nSPS) is 10.4. The minimum Gasteiger partial charge on any atom is -0.506 e. The van der Waals surface area contributed by atoms with E-state index in [1.54, 1.807) is 12.3 Å². The smallest absolute Gasteiger partial charge is 0.337 e. The lowest BCUT2D eigenvalue weighted by Gasteiger charge is -2.02. The third-order valence-corrected chi connectivity index (χ3v) is 4.83. The van der Waals surface area contributed by atoms with Gasteiger partial charge in [0.1, 0.15) is 5.75 Å². The van der Waals surface area contributed by atoms with Gasteiger partial charge in [-0.25, -0.2) is 4.79 Å². The molecule has 0 aliphatic carbocycles. The number of H-pyrrole nitrogens is 2. The Morgan fingerprint density at radius 2 is 1.74 bits per heavy atom. The van der Waals surface area contributed by atoms with Crippen LogP contribution >= 0.6 is 11.6 Å². The summed E-state index contributed by atoms with van der Waals surface area (Å²) in [6.07, 6.45) is 3.49. The van der Waals surface area contributed by atoms with Crippen LogP contribution in [0.25, 0.3) is 21.8 Å². The molecule has 4 rings (SSSR count). The fourth-order valence-corrected chi connectivity index (χ4v) is 3.30. The number of nitriles is 1. The maximum Gasteiger partial charge on any atom is 0.337 e. The van der Waals surface area contributed by atoms with Crippen LogP contribution < -0.4 is 0 Å². The van der Waals surface area contributed by atoms with Crippen molar-refractivity contribution in [1.29, 1.82) is 5.26 Å². The molecule has 136 valence electrons. The van der Waals surface area contributed by atoms with Crippen LogP contribution in [-0.2, 0) is 0 Å². The average molecular weight is 382 g/mol. The van der Waals surface area contributed by atoms with Crippen molar-refractivity contribution in [2.75, 3.05) is 0 Å². The summed E-state index contributed by atoms with van der Waals surface area (Å²) in [6, 6.07) is 8.88. The van der Waals surface area contributed by atoms with Crippen LogP contribution in [0.5, 0.6) is 5.75 Å². The first-order chi connectivity index (χ1) is 12.8. The summed E-state index contributed by atoms with van der Waals surface area (Å²) in [5.74, 6) is -1.28. The third kappa shape index (κ3) is 3.21. The van der Waals surface area contributed by atoms with E-state index in [1.807, 2.05) is 32.2 Å². The Balaban J connectivity index is 0.000000156. The lowest BCUT2D eigenvalue weighted by Crippen LogP contribution is -1.97. The summed E-state index contributed by atoms with van der Waals surface area (Å²) < 4.78 is 0. The Morgan fingerprint density at radius 3 is 2.37 bits per heavy atom. The molecule has 4 N–H and O–H groups in total. The van der Waals surface area contributed by atoms with E-state index in [2.05, 4.69) is 16.0 Å². The van der Waals surface area contributed by atoms with Gasteiger partial charge in [0.25, 0.3) is 0 Å². The highest BCUT2D eigenvalue weighted by Gasteiger charge is 2.15. The first-order valence-corrected chi connectivity index (χ1v) is 8.42. The number of rotatable bonds is 1. The number of carbonyl (C=O) groups is 1. The standard InChI is InChI=1S/C11H10N2.C9H6ClNO3/c1-7-5-9(6-12)8(2)10-3-4-13-11(7)10;10-7-4-1-2-11-8(4)6(12)3-5(7)9(13)14/h3-5,13H,1-2H3;1-3,11-12H,(H,13,14). The first kappa shape index (κ1) is 18.4. The summed E-state index contributed by atoms with van der Waals surface area (Å²) >= 11 is 5.84. The van der Waals surface area contributed by atoms with Gasteiger partial charge in [-0.3, -0.25) is 0 Å². The predicted octanol–water partition coefficient (Wildman–Crippen LogP) is 4.88. The van der Waals surface area contributed by atoms with E-state index in [4.69, 9.17) is 22.0 Å². The number of hydrogen-bond donors (Lipinski definition) is 4. The van der Waals surface area contributed by atoms with Crippen molar-refractivity contribution >= 4 is 39.4 Å². The number of fused-ring (bicyclic) bond motifs is 2. The molecule has 0 amide bonds. The van der Waals surface area contributed by atoms with Crippen molar-refractivity contribution in [2.45, 2.75) is 13.8 Å². The Morgan fingerprint density at radius 1 is 1.11 bits per heavy atom. The van der Waals surface area contributed by atoms with Gasteiger partial charge in [0.05, 0.1) is 27.7 Å². The van der Waals surface area contributed by atoms with E-state index in [-0.39, 0.29) is 16.3 Å². The number of aromatic nitrogens is 2. The highest BCUT2D eigenvalue weighted by atomic mass is 35.5. The average Bonchev–Trinajstić information content (AvgIpc) is 3.31. The molecule has 0 fully saturated rings. The van der Waals surface area contributed by atoms with Gasteiger partial charge in [0, 0.05) is 28.7 Å². The number of phenols is 1. The summed E-state index contributed by atoms with van der Waals surface area (Å²) in [7, 11) is 0. The summed E-state index contributed by atoms with van der Waals surface area (Å²) in [6.45, 7) is 3.99. The molecule has 2 heterocycles. The molecule has 0 saturated heterocycles. The van der Waals surface area contributed by atoms with Crippen molar-refractivity contribution in [2.24, 2.45) is 0 Å². The lowest BCUT2D eigenvalue weighted by molar-refractivity contribution is 0.0697. The van der Waals surface area contributed by atoms with Gasteiger partial charge in [0.2, 0.25) is 0 Å². The zero-order chi connectivity index (χ0) is 19.7. The van der Waals surface area contributed by atoms with Crippen LogP contribution in [-0.4, -0.2) is 26.2 Å². The number of carboxylic acids is 1. The molecule has 0 atom stereocenters. The van der Waals surface area contributed by atoms with Gasteiger partial charge in [-0.1, -0.05) is 11.6 Å². The number of nitrogens with one attached hydrogen (secondary N) is 2. The molecule has 0 spiro atoms. The fraction of sp³-hybridized carbons (Fsp3) is 0.100. The Kier molecular flexibility index (Phi) is 4.80. The van der Waals surface area contributed by atoms with Gasteiger partial charge in [0.15, 0.2) is 0 Å². The maximum absolute atomic E-state index is 10.7.